The number of aryl methyl sites for hydroxylation is 1. The van der Waals surface area contributed by atoms with Crippen LogP contribution in [0.15, 0.2) is 249 Å². The highest BCUT2D eigenvalue weighted by Crippen LogP contribution is 2.45. The maximum absolute atomic E-state index is 2.43. The number of fused-ring (bicyclic) bond motifs is 2. The molecule has 0 radical (unpaired) electrons. The van der Waals surface area contributed by atoms with Gasteiger partial charge in [0.25, 0.3) is 0 Å². The van der Waals surface area contributed by atoms with E-state index in [0.29, 0.717) is 0 Å². The molecule has 10 aromatic carbocycles. The van der Waals surface area contributed by atoms with E-state index in [-0.39, 0.29) is 0 Å². The molecule has 1 heterocycles. The number of hydrogen-bond donors (Lipinski definition) is 0. The van der Waals surface area contributed by atoms with Crippen LogP contribution in [0.25, 0.3) is 89.1 Å². The van der Waals surface area contributed by atoms with E-state index in [1.54, 1.807) is 0 Å². The first-order valence-corrected chi connectivity index (χ1v) is 22.8. The Morgan fingerprint density at radius 3 is 1.70 bits per heavy atom. The Balaban J connectivity index is 1.05. The molecule has 0 amide bonds. The lowest BCUT2D eigenvalue weighted by molar-refractivity contribution is 1.10. The van der Waals surface area contributed by atoms with Gasteiger partial charge in [0, 0.05) is 33.6 Å². The largest absolute Gasteiger partial charge is 0.310 e. The van der Waals surface area contributed by atoms with Crippen LogP contribution in [-0.4, -0.2) is 4.57 Å². The van der Waals surface area contributed by atoms with Crippen LogP contribution in [0.2, 0.25) is 0 Å². The molecular formula is C64H48N2. The number of hydrogen-bond acceptors (Lipinski definition) is 1. The summed E-state index contributed by atoms with van der Waals surface area (Å²) in [5.74, 6) is 0. The molecule has 2 heteroatoms. The molecule has 11 aromatic rings. The maximum Gasteiger partial charge on any atom is 0.0540 e. The monoisotopic (exact) mass is 844 g/mol. The Morgan fingerprint density at radius 1 is 0.379 bits per heavy atom. The van der Waals surface area contributed by atoms with Crippen LogP contribution in [0.3, 0.4) is 0 Å². The Hall–Kier alpha value is -8.46. The average molecular weight is 845 g/mol. The zero-order chi connectivity index (χ0) is 44.4. The van der Waals surface area contributed by atoms with Crippen molar-refractivity contribution in [3.05, 3.63) is 260 Å². The normalized spacial score (nSPS) is 11.4. The molecule has 0 aliphatic rings. The van der Waals surface area contributed by atoms with Gasteiger partial charge in [-0.05, 0) is 129 Å². The zero-order valence-electron chi connectivity index (χ0n) is 37.1. The third-order valence-corrected chi connectivity index (χ3v) is 12.9. The van der Waals surface area contributed by atoms with Gasteiger partial charge in [-0.1, -0.05) is 200 Å². The van der Waals surface area contributed by atoms with Crippen molar-refractivity contribution in [1.29, 1.82) is 0 Å². The predicted octanol–water partition coefficient (Wildman–Crippen LogP) is 17.9. The number of allylic oxidation sites excluding steroid dienone is 1. The highest BCUT2D eigenvalue weighted by molar-refractivity contribution is 5.98. The quantitative estimate of drug-likeness (QED) is 0.133. The molecule has 1 aromatic heterocycles. The summed E-state index contributed by atoms with van der Waals surface area (Å²) in [6.45, 7) is 4.33. The molecule has 0 aliphatic heterocycles. The van der Waals surface area contributed by atoms with E-state index in [2.05, 4.69) is 278 Å². The summed E-state index contributed by atoms with van der Waals surface area (Å²) >= 11 is 0. The summed E-state index contributed by atoms with van der Waals surface area (Å²) in [6.07, 6.45) is 4.37. The van der Waals surface area contributed by atoms with Crippen molar-refractivity contribution in [2.75, 3.05) is 4.90 Å². The Kier molecular flexibility index (Phi) is 10.8. The molecule has 0 bridgehead atoms. The molecule has 0 fully saturated rings. The highest BCUT2D eigenvalue weighted by Gasteiger charge is 2.22. The minimum atomic E-state index is 1.08. The molecule has 0 saturated heterocycles. The molecule has 0 aliphatic carbocycles. The van der Waals surface area contributed by atoms with Crippen LogP contribution in [0, 0.1) is 6.92 Å². The van der Waals surface area contributed by atoms with Gasteiger partial charge >= 0.3 is 0 Å². The maximum atomic E-state index is 2.43. The molecule has 2 nitrogen and oxygen atoms in total. The van der Waals surface area contributed by atoms with Crippen LogP contribution < -0.4 is 4.90 Å². The van der Waals surface area contributed by atoms with Crippen molar-refractivity contribution >= 4 is 44.8 Å². The van der Waals surface area contributed by atoms with Crippen LogP contribution in [0.5, 0.6) is 0 Å². The SMILES string of the molecule is C/C=C\c1c(C)c2ccccc2n1-c1ccccc1-c1ccc(N(c2ccc(-c3ccc(-c4cccc5ccccc45)cc3)cc2)c2cccc(-c3ccccc3)c2)c(-c2ccccc2)c1. The first-order valence-electron chi connectivity index (χ1n) is 22.8. The van der Waals surface area contributed by atoms with Crippen LogP contribution in [-0.2, 0) is 0 Å². The van der Waals surface area contributed by atoms with Crippen molar-refractivity contribution in [1.82, 2.24) is 4.57 Å². The molecule has 0 spiro atoms. The van der Waals surface area contributed by atoms with Gasteiger partial charge in [0.2, 0.25) is 0 Å². The first kappa shape index (κ1) is 40.3. The van der Waals surface area contributed by atoms with E-state index in [1.165, 1.54) is 71.9 Å². The van der Waals surface area contributed by atoms with Gasteiger partial charge in [0.15, 0.2) is 0 Å². The van der Waals surface area contributed by atoms with Crippen LogP contribution in [0.4, 0.5) is 17.1 Å². The Bertz CT molecular complexity index is 3520. The molecule has 314 valence electrons. The number of nitrogens with zero attached hydrogens (tertiary/aromatic N) is 2. The van der Waals surface area contributed by atoms with E-state index in [0.717, 1.165) is 39.4 Å². The van der Waals surface area contributed by atoms with Crippen molar-refractivity contribution in [2.24, 2.45) is 0 Å². The third kappa shape index (κ3) is 7.49. The fraction of sp³-hybridized carbons (Fsp3) is 0.0312. The standard InChI is InChI=1S/C64H48N2/c1-3-18-61-45(2)56-27-12-14-31-62(56)66(61)63-32-15-13-29-59(63)53-39-42-64(60(44-53)50-21-8-5-9-22-50)65(55-26-16-25-52(43-55)46-19-6-4-7-20-46)54-40-37-48(38-41-54)47-33-35-51(36-34-47)58-30-17-24-49-23-10-11-28-57(49)58/h3-44H,1-2H3/b18-3-. The first-order chi connectivity index (χ1) is 32.6. The lowest BCUT2D eigenvalue weighted by Gasteiger charge is -2.29. The van der Waals surface area contributed by atoms with Crippen molar-refractivity contribution in [3.8, 4) is 61.3 Å². The summed E-state index contributed by atoms with van der Waals surface area (Å²) in [7, 11) is 0. The number of aromatic nitrogens is 1. The minimum Gasteiger partial charge on any atom is -0.310 e. The lowest BCUT2D eigenvalue weighted by Crippen LogP contribution is -2.11. The van der Waals surface area contributed by atoms with Gasteiger partial charge in [-0.25, -0.2) is 0 Å². The predicted molar refractivity (Wildman–Crippen MR) is 282 cm³/mol. The minimum absolute atomic E-state index is 1.08. The summed E-state index contributed by atoms with van der Waals surface area (Å²) in [5.41, 5.74) is 19.8. The van der Waals surface area contributed by atoms with Crippen LogP contribution >= 0.6 is 0 Å². The smallest absolute Gasteiger partial charge is 0.0540 e. The van der Waals surface area contributed by atoms with Crippen molar-refractivity contribution in [3.63, 3.8) is 0 Å². The Morgan fingerprint density at radius 2 is 0.924 bits per heavy atom. The summed E-state index contributed by atoms with van der Waals surface area (Å²) in [6, 6.07) is 88.2. The van der Waals surface area contributed by atoms with E-state index >= 15 is 0 Å². The van der Waals surface area contributed by atoms with E-state index in [9.17, 15) is 0 Å². The fourth-order valence-electron chi connectivity index (χ4n) is 9.70. The summed E-state index contributed by atoms with van der Waals surface area (Å²) in [5, 5.41) is 3.78. The van der Waals surface area contributed by atoms with Gasteiger partial charge in [0.1, 0.15) is 0 Å². The summed E-state index contributed by atoms with van der Waals surface area (Å²) < 4.78 is 2.43. The van der Waals surface area contributed by atoms with E-state index < -0.39 is 0 Å². The van der Waals surface area contributed by atoms with Crippen molar-refractivity contribution in [2.45, 2.75) is 13.8 Å². The molecule has 0 N–H and O–H groups in total. The van der Waals surface area contributed by atoms with Crippen LogP contribution in [0.1, 0.15) is 18.2 Å². The molecule has 0 atom stereocenters. The second-order valence-corrected chi connectivity index (χ2v) is 16.9. The molecule has 0 saturated carbocycles. The second-order valence-electron chi connectivity index (χ2n) is 16.9. The molecular weight excluding hydrogens is 797 g/mol. The Labute approximate surface area is 387 Å². The molecule has 11 rings (SSSR count). The van der Waals surface area contributed by atoms with E-state index in [1.807, 2.05) is 0 Å². The fourth-order valence-corrected chi connectivity index (χ4v) is 9.70. The summed E-state index contributed by atoms with van der Waals surface area (Å²) in [4.78, 5) is 2.42. The molecule has 0 unspecified atom stereocenters. The highest BCUT2D eigenvalue weighted by atomic mass is 15.1. The topological polar surface area (TPSA) is 8.17 Å². The van der Waals surface area contributed by atoms with Gasteiger partial charge < -0.3 is 9.47 Å². The van der Waals surface area contributed by atoms with Gasteiger partial charge in [-0.2, -0.15) is 0 Å². The lowest BCUT2D eigenvalue weighted by atomic mass is 9.94. The average Bonchev–Trinajstić information content (AvgIpc) is 3.67. The number of rotatable bonds is 10. The molecule has 66 heavy (non-hydrogen) atoms. The van der Waals surface area contributed by atoms with Gasteiger partial charge in [-0.3, -0.25) is 0 Å². The zero-order valence-corrected chi connectivity index (χ0v) is 37.1. The third-order valence-electron chi connectivity index (χ3n) is 12.9. The van der Waals surface area contributed by atoms with E-state index in [4.69, 9.17) is 0 Å². The van der Waals surface area contributed by atoms with Gasteiger partial charge in [0.05, 0.1) is 16.9 Å². The second kappa shape index (κ2) is 17.6. The number of anilines is 3. The number of para-hydroxylation sites is 2. The van der Waals surface area contributed by atoms with Gasteiger partial charge in [-0.15, -0.1) is 0 Å². The van der Waals surface area contributed by atoms with Crippen molar-refractivity contribution < 1.29 is 0 Å². The number of benzene rings is 10.